The Labute approximate surface area is 199 Å². The third kappa shape index (κ3) is 4.11. The molecule has 0 atom stereocenters. The standard InChI is InChI=1S/C27H28F3NO2S/c1-25(2,3)18-9-13-21-23(15-18)34(32,33)24-16-19(26(4,5)6)10-14-22(24)31(21)20-11-7-17(8-12-20)27(28,29)30/h7-16H,1-6H3. The van der Waals surface area contributed by atoms with Gasteiger partial charge in [-0.05, 0) is 70.5 Å². The molecule has 4 rings (SSSR count). The number of benzene rings is 3. The molecular formula is C27H28F3NO2S. The maximum absolute atomic E-state index is 13.8. The molecule has 0 aliphatic carbocycles. The van der Waals surface area contributed by atoms with Gasteiger partial charge in [0.1, 0.15) is 0 Å². The van der Waals surface area contributed by atoms with Crippen molar-refractivity contribution in [3.8, 4) is 0 Å². The van der Waals surface area contributed by atoms with Gasteiger partial charge >= 0.3 is 6.18 Å². The summed E-state index contributed by atoms with van der Waals surface area (Å²) in [4.78, 5) is 2.03. The summed E-state index contributed by atoms with van der Waals surface area (Å²) in [7, 11) is -3.86. The monoisotopic (exact) mass is 487 g/mol. The van der Waals surface area contributed by atoms with Crippen LogP contribution < -0.4 is 4.90 Å². The number of hydrogen-bond acceptors (Lipinski definition) is 3. The first-order valence-electron chi connectivity index (χ1n) is 11.0. The van der Waals surface area contributed by atoms with Crippen molar-refractivity contribution in [3.05, 3.63) is 77.4 Å². The lowest BCUT2D eigenvalue weighted by Crippen LogP contribution is -2.24. The van der Waals surface area contributed by atoms with Crippen molar-refractivity contribution in [2.45, 2.75) is 68.3 Å². The number of anilines is 3. The summed E-state index contributed by atoms with van der Waals surface area (Å²) in [6.07, 6.45) is -4.46. The van der Waals surface area contributed by atoms with Crippen LogP contribution in [0.1, 0.15) is 58.2 Å². The van der Waals surface area contributed by atoms with Crippen LogP contribution in [0.4, 0.5) is 30.2 Å². The number of rotatable bonds is 1. The molecule has 34 heavy (non-hydrogen) atoms. The van der Waals surface area contributed by atoms with E-state index in [0.717, 1.165) is 23.3 Å². The van der Waals surface area contributed by atoms with E-state index in [1.165, 1.54) is 12.1 Å². The van der Waals surface area contributed by atoms with Gasteiger partial charge in [0.2, 0.25) is 9.84 Å². The predicted octanol–water partition coefficient (Wildman–Crippen LogP) is 7.92. The van der Waals surface area contributed by atoms with E-state index in [4.69, 9.17) is 0 Å². The molecule has 0 radical (unpaired) electrons. The molecule has 7 heteroatoms. The van der Waals surface area contributed by atoms with Gasteiger partial charge in [0.05, 0.1) is 26.7 Å². The summed E-state index contributed by atoms with van der Waals surface area (Å²) in [5.41, 5.74) is 1.70. The Balaban J connectivity index is 2.01. The van der Waals surface area contributed by atoms with Crippen LogP contribution in [0.15, 0.2) is 70.5 Å². The van der Waals surface area contributed by atoms with Crippen LogP contribution >= 0.6 is 0 Å². The fraction of sp³-hybridized carbons (Fsp3) is 0.333. The van der Waals surface area contributed by atoms with Crippen LogP contribution in [-0.4, -0.2) is 8.42 Å². The van der Waals surface area contributed by atoms with Crippen LogP contribution in [0.3, 0.4) is 0 Å². The lowest BCUT2D eigenvalue weighted by atomic mass is 9.86. The molecule has 1 aliphatic heterocycles. The van der Waals surface area contributed by atoms with Gasteiger partial charge in [-0.15, -0.1) is 0 Å². The van der Waals surface area contributed by atoms with E-state index in [-0.39, 0.29) is 20.6 Å². The smallest absolute Gasteiger partial charge is 0.308 e. The second kappa shape index (κ2) is 7.60. The average molecular weight is 488 g/mol. The first kappa shape index (κ1) is 24.3. The van der Waals surface area contributed by atoms with E-state index < -0.39 is 21.6 Å². The Morgan fingerprint density at radius 3 is 1.35 bits per heavy atom. The first-order chi connectivity index (χ1) is 15.5. The van der Waals surface area contributed by atoms with Gasteiger partial charge in [-0.25, -0.2) is 8.42 Å². The number of hydrogen-bond donors (Lipinski definition) is 0. The minimum absolute atomic E-state index is 0.151. The lowest BCUT2D eigenvalue weighted by molar-refractivity contribution is -0.137. The molecule has 0 saturated carbocycles. The van der Waals surface area contributed by atoms with Crippen LogP contribution in [0.5, 0.6) is 0 Å². The molecular weight excluding hydrogens is 459 g/mol. The molecule has 0 spiro atoms. The molecule has 0 saturated heterocycles. The molecule has 3 aromatic carbocycles. The van der Waals surface area contributed by atoms with E-state index in [9.17, 15) is 21.6 Å². The molecule has 0 unspecified atom stereocenters. The zero-order valence-corrected chi connectivity index (χ0v) is 20.9. The second-order valence-corrected chi connectivity index (χ2v) is 12.6. The molecule has 0 N–H and O–H groups in total. The van der Waals surface area contributed by atoms with E-state index in [2.05, 4.69) is 0 Å². The first-order valence-corrected chi connectivity index (χ1v) is 12.5. The minimum atomic E-state index is -4.46. The van der Waals surface area contributed by atoms with Crippen molar-refractivity contribution in [2.75, 3.05) is 4.90 Å². The largest absolute Gasteiger partial charge is 0.416 e. The van der Waals surface area contributed by atoms with Crippen molar-refractivity contribution in [3.63, 3.8) is 0 Å². The van der Waals surface area contributed by atoms with Crippen molar-refractivity contribution < 1.29 is 21.6 Å². The fourth-order valence-electron chi connectivity index (χ4n) is 4.09. The maximum atomic E-state index is 13.8. The fourth-order valence-corrected chi connectivity index (χ4v) is 5.76. The molecule has 3 aromatic rings. The van der Waals surface area contributed by atoms with Crippen LogP contribution in [0, 0.1) is 0 Å². The Hall–Kier alpha value is -2.80. The Bertz CT molecular complexity index is 1290. The zero-order chi connectivity index (χ0) is 25.3. The number of alkyl halides is 3. The summed E-state index contributed by atoms with van der Waals surface area (Å²) in [6, 6.07) is 15.4. The van der Waals surface area contributed by atoms with Gasteiger partial charge in [-0.3, -0.25) is 0 Å². The molecule has 0 fully saturated rings. The molecule has 180 valence electrons. The maximum Gasteiger partial charge on any atom is 0.416 e. The van der Waals surface area contributed by atoms with Crippen LogP contribution in [-0.2, 0) is 26.8 Å². The Morgan fingerprint density at radius 2 is 1.00 bits per heavy atom. The Kier molecular flexibility index (Phi) is 5.44. The van der Waals surface area contributed by atoms with Gasteiger partial charge in [-0.2, -0.15) is 13.2 Å². The minimum Gasteiger partial charge on any atom is -0.308 e. The number of fused-ring (bicyclic) bond motifs is 2. The van der Waals surface area contributed by atoms with Crippen molar-refractivity contribution in [1.82, 2.24) is 0 Å². The normalized spacial score (nSPS) is 15.6. The third-order valence-electron chi connectivity index (χ3n) is 6.17. The average Bonchev–Trinajstić information content (AvgIpc) is 2.72. The molecule has 1 heterocycles. The van der Waals surface area contributed by atoms with Crippen molar-refractivity contribution in [1.29, 1.82) is 0 Å². The predicted molar refractivity (Wildman–Crippen MR) is 129 cm³/mol. The molecule has 0 bridgehead atoms. The highest BCUT2D eigenvalue weighted by molar-refractivity contribution is 7.92. The zero-order valence-electron chi connectivity index (χ0n) is 20.1. The summed E-state index contributed by atoms with van der Waals surface area (Å²) < 4.78 is 67.2. The van der Waals surface area contributed by atoms with Crippen molar-refractivity contribution in [2.24, 2.45) is 0 Å². The van der Waals surface area contributed by atoms with E-state index in [1.54, 1.807) is 29.2 Å². The van der Waals surface area contributed by atoms with Gasteiger partial charge in [0, 0.05) is 5.69 Å². The number of sulfone groups is 1. The van der Waals surface area contributed by atoms with Crippen molar-refractivity contribution >= 4 is 26.9 Å². The van der Waals surface area contributed by atoms with Gasteiger partial charge in [-0.1, -0.05) is 53.7 Å². The van der Waals surface area contributed by atoms with Crippen LogP contribution in [0.2, 0.25) is 0 Å². The molecule has 1 aliphatic rings. The van der Waals surface area contributed by atoms with E-state index in [0.29, 0.717) is 17.1 Å². The summed E-state index contributed by atoms with van der Waals surface area (Å²) in [5, 5.41) is 0. The lowest BCUT2D eigenvalue weighted by Gasteiger charge is -2.35. The third-order valence-corrected chi connectivity index (χ3v) is 7.98. The quantitative estimate of drug-likeness (QED) is 0.274. The van der Waals surface area contributed by atoms with Gasteiger partial charge < -0.3 is 4.90 Å². The Morgan fingerprint density at radius 1 is 0.618 bits per heavy atom. The number of nitrogens with zero attached hydrogens (tertiary/aromatic N) is 1. The second-order valence-electron chi connectivity index (χ2n) is 10.7. The molecule has 0 aromatic heterocycles. The van der Waals surface area contributed by atoms with Gasteiger partial charge in [0.25, 0.3) is 0 Å². The molecule has 0 amide bonds. The highest BCUT2D eigenvalue weighted by Crippen LogP contribution is 2.50. The van der Waals surface area contributed by atoms with Crippen LogP contribution in [0.25, 0.3) is 0 Å². The summed E-state index contributed by atoms with van der Waals surface area (Å²) in [6.45, 7) is 12.0. The van der Waals surface area contributed by atoms with E-state index >= 15 is 0 Å². The summed E-state index contributed by atoms with van der Waals surface area (Å²) in [5.74, 6) is 0. The summed E-state index contributed by atoms with van der Waals surface area (Å²) >= 11 is 0. The number of halogens is 3. The van der Waals surface area contributed by atoms with Gasteiger partial charge in [0.15, 0.2) is 0 Å². The molecule has 3 nitrogen and oxygen atoms in total. The highest BCUT2D eigenvalue weighted by atomic mass is 32.2. The van der Waals surface area contributed by atoms with E-state index in [1.807, 2.05) is 53.7 Å². The SMILES string of the molecule is CC(C)(C)c1ccc2c(c1)S(=O)(=O)c1cc(C(C)(C)C)ccc1N2c1ccc(C(F)(F)F)cc1. The highest BCUT2D eigenvalue weighted by Gasteiger charge is 2.37. The topological polar surface area (TPSA) is 37.4 Å².